The molecule has 0 fully saturated rings. The minimum atomic E-state index is -1.60. The van der Waals surface area contributed by atoms with E-state index < -0.39 is 12.1 Å². The predicted octanol–water partition coefficient (Wildman–Crippen LogP) is 3.60. The summed E-state index contributed by atoms with van der Waals surface area (Å²) in [5, 5.41) is 19.2. The molecule has 22 heavy (non-hydrogen) atoms. The van der Waals surface area contributed by atoms with Gasteiger partial charge in [0.05, 0.1) is 0 Å². The lowest BCUT2D eigenvalue weighted by Gasteiger charge is -2.15. The van der Waals surface area contributed by atoms with Crippen molar-refractivity contribution in [2.45, 2.75) is 26.1 Å². The Morgan fingerprint density at radius 1 is 1.23 bits per heavy atom. The molecule has 0 amide bonds. The monoisotopic (exact) mass is 320 g/mol. The van der Waals surface area contributed by atoms with Crippen molar-refractivity contribution in [3.05, 3.63) is 64.2 Å². The van der Waals surface area contributed by atoms with Gasteiger partial charge < -0.3 is 14.9 Å². The molecule has 2 N–H and O–H groups in total. The average molecular weight is 321 g/mol. The number of carbonyl (C=O) groups is 1. The third-order valence-electron chi connectivity index (χ3n) is 3.37. The zero-order chi connectivity index (χ0) is 16.1. The van der Waals surface area contributed by atoms with Gasteiger partial charge in [0.1, 0.15) is 12.4 Å². The Bertz CT molecular complexity index is 669. The summed E-state index contributed by atoms with van der Waals surface area (Å²) < 4.78 is 5.78. The first-order chi connectivity index (χ1) is 10.5. The summed E-state index contributed by atoms with van der Waals surface area (Å²) in [4.78, 5) is 11.0. The number of para-hydroxylation sites is 1. The van der Waals surface area contributed by atoms with E-state index >= 15 is 0 Å². The summed E-state index contributed by atoms with van der Waals surface area (Å²) >= 11 is 5.96. The standard InChI is InChI=1S/C17H17ClO4/c1-2-11-5-3-4-6-15(11)22-10-12-9-13(18)7-8-14(12)16(19)17(20)21/h3-9,16,19H,2,10H2,1H3,(H,20,21). The van der Waals surface area contributed by atoms with Gasteiger partial charge in [-0.2, -0.15) is 0 Å². The van der Waals surface area contributed by atoms with E-state index in [2.05, 4.69) is 0 Å². The Morgan fingerprint density at radius 3 is 2.64 bits per heavy atom. The van der Waals surface area contributed by atoms with Gasteiger partial charge in [0.15, 0.2) is 6.10 Å². The van der Waals surface area contributed by atoms with Crippen LogP contribution < -0.4 is 4.74 Å². The number of aliphatic carboxylic acids is 1. The third kappa shape index (κ3) is 3.78. The van der Waals surface area contributed by atoms with Gasteiger partial charge in [0, 0.05) is 5.02 Å². The van der Waals surface area contributed by atoms with Crippen LogP contribution in [0.3, 0.4) is 0 Å². The van der Waals surface area contributed by atoms with Crippen LogP contribution in [0.15, 0.2) is 42.5 Å². The zero-order valence-electron chi connectivity index (χ0n) is 12.1. The van der Waals surface area contributed by atoms with E-state index in [-0.39, 0.29) is 12.2 Å². The van der Waals surface area contributed by atoms with E-state index in [0.717, 1.165) is 17.7 Å². The highest BCUT2D eigenvalue weighted by Gasteiger charge is 2.20. The lowest BCUT2D eigenvalue weighted by molar-refractivity contribution is -0.147. The Hall–Kier alpha value is -2.04. The molecule has 1 unspecified atom stereocenters. The van der Waals surface area contributed by atoms with Gasteiger partial charge >= 0.3 is 5.97 Å². The SMILES string of the molecule is CCc1ccccc1OCc1cc(Cl)ccc1C(O)C(=O)O. The van der Waals surface area contributed by atoms with E-state index in [9.17, 15) is 9.90 Å². The summed E-state index contributed by atoms with van der Waals surface area (Å²) in [5.41, 5.74) is 1.89. The number of carboxylic acid groups (broad SMARTS) is 1. The van der Waals surface area contributed by atoms with Crippen LogP contribution in [0.25, 0.3) is 0 Å². The van der Waals surface area contributed by atoms with Crippen molar-refractivity contribution in [2.75, 3.05) is 0 Å². The second-order valence-electron chi connectivity index (χ2n) is 4.83. The van der Waals surface area contributed by atoms with Crippen molar-refractivity contribution in [3.63, 3.8) is 0 Å². The maximum absolute atomic E-state index is 11.0. The predicted molar refractivity (Wildman–Crippen MR) is 84.2 cm³/mol. The molecule has 0 saturated carbocycles. The Morgan fingerprint density at radius 2 is 1.95 bits per heavy atom. The number of hydrogen-bond donors (Lipinski definition) is 2. The molecular weight excluding hydrogens is 304 g/mol. The number of carboxylic acids is 1. The summed E-state index contributed by atoms with van der Waals surface area (Å²) in [6.45, 7) is 2.17. The number of ether oxygens (including phenoxy) is 1. The minimum absolute atomic E-state index is 0.136. The molecule has 0 radical (unpaired) electrons. The fourth-order valence-electron chi connectivity index (χ4n) is 2.19. The van der Waals surface area contributed by atoms with Crippen LogP contribution in [0.4, 0.5) is 0 Å². The van der Waals surface area contributed by atoms with Crippen molar-refractivity contribution in [3.8, 4) is 5.75 Å². The van der Waals surface area contributed by atoms with Gasteiger partial charge in [-0.15, -0.1) is 0 Å². The first-order valence-corrected chi connectivity index (χ1v) is 7.30. The van der Waals surface area contributed by atoms with Crippen molar-refractivity contribution >= 4 is 17.6 Å². The zero-order valence-corrected chi connectivity index (χ0v) is 12.9. The summed E-state index contributed by atoms with van der Waals surface area (Å²) in [6.07, 6.45) is -0.770. The largest absolute Gasteiger partial charge is 0.489 e. The molecule has 0 heterocycles. The normalized spacial score (nSPS) is 12.0. The summed E-state index contributed by atoms with van der Waals surface area (Å²) in [6, 6.07) is 12.3. The quantitative estimate of drug-likeness (QED) is 0.853. The molecule has 2 aromatic carbocycles. The molecule has 0 saturated heterocycles. The Balaban J connectivity index is 2.25. The fraction of sp³-hybridized carbons (Fsp3) is 0.235. The highest BCUT2D eigenvalue weighted by Crippen LogP contribution is 2.25. The highest BCUT2D eigenvalue weighted by atomic mass is 35.5. The summed E-state index contributed by atoms with van der Waals surface area (Å²) in [5.74, 6) is -0.571. The molecule has 116 valence electrons. The topological polar surface area (TPSA) is 66.8 Å². The first kappa shape index (κ1) is 16.3. The van der Waals surface area contributed by atoms with Gasteiger partial charge in [0.25, 0.3) is 0 Å². The summed E-state index contributed by atoms with van der Waals surface area (Å²) in [7, 11) is 0. The van der Waals surface area contributed by atoms with Gasteiger partial charge in [-0.1, -0.05) is 42.8 Å². The number of aryl methyl sites for hydroxylation is 1. The van der Waals surface area contributed by atoms with Crippen molar-refractivity contribution < 1.29 is 19.7 Å². The first-order valence-electron chi connectivity index (χ1n) is 6.92. The molecule has 2 rings (SSSR count). The van der Waals surface area contributed by atoms with Gasteiger partial charge in [-0.3, -0.25) is 0 Å². The highest BCUT2D eigenvalue weighted by molar-refractivity contribution is 6.30. The van der Waals surface area contributed by atoms with E-state index in [1.165, 1.54) is 6.07 Å². The molecule has 0 spiro atoms. The maximum atomic E-state index is 11.0. The van der Waals surface area contributed by atoms with Gasteiger partial charge in [-0.05, 0) is 41.3 Å². The van der Waals surface area contributed by atoms with Crippen LogP contribution in [0.2, 0.25) is 5.02 Å². The maximum Gasteiger partial charge on any atom is 0.337 e. The van der Waals surface area contributed by atoms with Crippen LogP contribution in [-0.2, 0) is 17.8 Å². The van der Waals surface area contributed by atoms with E-state index in [0.29, 0.717) is 10.6 Å². The minimum Gasteiger partial charge on any atom is -0.489 e. The van der Waals surface area contributed by atoms with Crippen molar-refractivity contribution in [1.82, 2.24) is 0 Å². The second-order valence-corrected chi connectivity index (χ2v) is 5.27. The van der Waals surface area contributed by atoms with E-state index in [1.807, 2.05) is 31.2 Å². The van der Waals surface area contributed by atoms with Crippen molar-refractivity contribution in [2.24, 2.45) is 0 Å². The molecule has 0 aliphatic heterocycles. The Labute approximate surface area is 133 Å². The van der Waals surface area contributed by atoms with Crippen LogP contribution in [0, 0.1) is 0 Å². The van der Waals surface area contributed by atoms with Crippen LogP contribution in [0.5, 0.6) is 5.75 Å². The molecule has 0 bridgehead atoms. The third-order valence-corrected chi connectivity index (χ3v) is 3.61. The molecule has 1 atom stereocenters. The molecule has 5 heteroatoms. The van der Waals surface area contributed by atoms with E-state index in [1.54, 1.807) is 12.1 Å². The van der Waals surface area contributed by atoms with Crippen molar-refractivity contribution in [1.29, 1.82) is 0 Å². The molecule has 0 aliphatic carbocycles. The molecule has 2 aromatic rings. The average Bonchev–Trinajstić information content (AvgIpc) is 2.52. The second kappa shape index (κ2) is 7.29. The number of benzene rings is 2. The van der Waals surface area contributed by atoms with Crippen LogP contribution in [-0.4, -0.2) is 16.2 Å². The number of rotatable bonds is 6. The molecule has 0 aromatic heterocycles. The number of halogens is 1. The Kier molecular flexibility index (Phi) is 5.41. The molecular formula is C17H17ClO4. The lowest BCUT2D eigenvalue weighted by atomic mass is 10.0. The number of aliphatic hydroxyl groups is 1. The lowest BCUT2D eigenvalue weighted by Crippen LogP contribution is -2.14. The van der Waals surface area contributed by atoms with Crippen LogP contribution in [0.1, 0.15) is 29.7 Å². The van der Waals surface area contributed by atoms with Gasteiger partial charge in [0.2, 0.25) is 0 Å². The number of aliphatic hydroxyl groups excluding tert-OH is 1. The van der Waals surface area contributed by atoms with Gasteiger partial charge in [-0.25, -0.2) is 4.79 Å². The van der Waals surface area contributed by atoms with E-state index in [4.69, 9.17) is 21.4 Å². The fourth-order valence-corrected chi connectivity index (χ4v) is 2.39. The smallest absolute Gasteiger partial charge is 0.337 e. The molecule has 0 aliphatic rings. The number of hydrogen-bond acceptors (Lipinski definition) is 3. The molecule has 4 nitrogen and oxygen atoms in total. The van der Waals surface area contributed by atoms with Crippen LogP contribution >= 0.6 is 11.6 Å².